The van der Waals surface area contributed by atoms with Gasteiger partial charge in [0.05, 0.1) is 22.3 Å². The number of benzene rings is 2. The van der Waals surface area contributed by atoms with Crippen LogP contribution >= 0.6 is 0 Å². The summed E-state index contributed by atoms with van der Waals surface area (Å²) in [6.45, 7) is 1.55. The highest BCUT2D eigenvalue weighted by Gasteiger charge is 2.68. The molecule has 2 aromatic carbocycles. The molecule has 3 N–H and O–H groups in total. The van der Waals surface area contributed by atoms with Gasteiger partial charge in [0.1, 0.15) is 0 Å². The fraction of sp³-hybridized carbons (Fsp3) is 0.294. The lowest BCUT2D eigenvalue weighted by molar-refractivity contribution is 0.253. The largest absolute Gasteiger partial charge is 0.394 e. The summed E-state index contributed by atoms with van der Waals surface area (Å²) in [4.78, 5) is 0.254. The van der Waals surface area contributed by atoms with Crippen molar-refractivity contribution in [3.05, 3.63) is 65.7 Å². The molecular weight excluding hydrogens is 298 g/mol. The summed E-state index contributed by atoms with van der Waals surface area (Å²) >= 11 is 0. The molecule has 0 saturated heterocycles. The Morgan fingerprint density at radius 1 is 1.09 bits per heavy atom. The maximum absolute atomic E-state index is 12.9. The minimum atomic E-state index is -3.58. The number of sulfone groups is 1. The van der Waals surface area contributed by atoms with Crippen LogP contribution in [0.1, 0.15) is 17.0 Å². The normalized spacial score (nSPS) is 27.6. The van der Waals surface area contributed by atoms with Gasteiger partial charge in [0.25, 0.3) is 0 Å². The molecule has 1 aliphatic carbocycles. The lowest BCUT2D eigenvalue weighted by Gasteiger charge is -2.08. The molecule has 3 atom stereocenters. The van der Waals surface area contributed by atoms with E-state index < -0.39 is 20.6 Å². The van der Waals surface area contributed by atoms with Crippen molar-refractivity contribution in [1.29, 1.82) is 0 Å². The Bertz CT molecular complexity index is 771. The molecule has 0 unspecified atom stereocenters. The predicted molar refractivity (Wildman–Crippen MR) is 85.3 cm³/mol. The van der Waals surface area contributed by atoms with Gasteiger partial charge in [0.2, 0.25) is 0 Å². The van der Waals surface area contributed by atoms with E-state index in [0.717, 1.165) is 11.1 Å². The van der Waals surface area contributed by atoms with Crippen LogP contribution in [0.2, 0.25) is 0 Å². The van der Waals surface area contributed by atoms with Gasteiger partial charge in [-0.3, -0.25) is 0 Å². The number of aryl methyl sites for hydroxylation is 1. The van der Waals surface area contributed by atoms with Gasteiger partial charge in [-0.25, -0.2) is 8.42 Å². The molecule has 3 rings (SSSR count). The second kappa shape index (κ2) is 5.19. The maximum atomic E-state index is 12.9. The standard InChI is InChI=1S/C17H19NO3S/c1-12-7-9-14(10-8-12)22(20,21)16-15(17(16,18)11-19)13-5-3-2-4-6-13/h2-10,15-16,19H,11,18H2,1H3/t15-,16-,17-/m1/s1. The lowest BCUT2D eigenvalue weighted by Crippen LogP contribution is -2.35. The fourth-order valence-electron chi connectivity index (χ4n) is 3.10. The van der Waals surface area contributed by atoms with E-state index in [0.29, 0.717) is 0 Å². The molecule has 1 saturated carbocycles. The van der Waals surface area contributed by atoms with Crippen LogP contribution in [-0.4, -0.2) is 30.9 Å². The van der Waals surface area contributed by atoms with Crippen LogP contribution in [0, 0.1) is 6.92 Å². The van der Waals surface area contributed by atoms with Crippen LogP contribution in [0.4, 0.5) is 0 Å². The van der Waals surface area contributed by atoms with E-state index in [1.165, 1.54) is 0 Å². The minimum absolute atomic E-state index is 0.254. The zero-order valence-corrected chi connectivity index (χ0v) is 13.1. The van der Waals surface area contributed by atoms with Crippen LogP contribution in [0.15, 0.2) is 59.5 Å². The molecule has 0 aliphatic heterocycles. The molecule has 0 amide bonds. The van der Waals surface area contributed by atoms with Crippen molar-refractivity contribution in [2.75, 3.05) is 6.61 Å². The molecule has 1 aliphatic rings. The average molecular weight is 317 g/mol. The Labute approximate surface area is 130 Å². The molecule has 0 aromatic heterocycles. The third kappa shape index (κ3) is 2.26. The van der Waals surface area contributed by atoms with Gasteiger partial charge in [0.15, 0.2) is 9.84 Å². The van der Waals surface area contributed by atoms with Crippen molar-refractivity contribution in [1.82, 2.24) is 0 Å². The SMILES string of the molecule is Cc1ccc(S(=O)(=O)[C@@H]2[C@@H](c3ccccc3)[C@]2(N)CO)cc1. The molecule has 5 heteroatoms. The van der Waals surface area contributed by atoms with E-state index in [2.05, 4.69) is 0 Å². The lowest BCUT2D eigenvalue weighted by atomic mass is 10.1. The summed E-state index contributed by atoms with van der Waals surface area (Å²) in [6, 6.07) is 16.0. The van der Waals surface area contributed by atoms with Crippen LogP contribution in [-0.2, 0) is 9.84 Å². The summed E-state index contributed by atoms with van der Waals surface area (Å²) in [5.74, 6) is -0.384. The van der Waals surface area contributed by atoms with E-state index in [-0.39, 0.29) is 17.4 Å². The molecule has 22 heavy (non-hydrogen) atoms. The highest BCUT2D eigenvalue weighted by Crippen LogP contribution is 2.55. The summed E-state index contributed by atoms with van der Waals surface area (Å²) < 4.78 is 25.7. The Morgan fingerprint density at radius 3 is 2.23 bits per heavy atom. The second-order valence-corrected chi connectivity index (χ2v) is 8.01. The molecule has 116 valence electrons. The van der Waals surface area contributed by atoms with E-state index in [1.54, 1.807) is 24.3 Å². The van der Waals surface area contributed by atoms with Crippen LogP contribution < -0.4 is 5.73 Å². The molecule has 2 aromatic rings. The summed E-state index contributed by atoms with van der Waals surface area (Å²) in [5.41, 5.74) is 6.91. The third-order valence-corrected chi connectivity index (χ3v) is 6.73. The summed E-state index contributed by atoms with van der Waals surface area (Å²) in [5, 5.41) is 8.84. The number of aliphatic hydroxyl groups excluding tert-OH is 1. The van der Waals surface area contributed by atoms with Gasteiger partial charge in [-0.2, -0.15) is 0 Å². The van der Waals surface area contributed by atoms with Gasteiger partial charge in [-0.05, 0) is 24.6 Å². The summed E-state index contributed by atoms with van der Waals surface area (Å²) in [7, 11) is -3.58. The van der Waals surface area contributed by atoms with Crippen molar-refractivity contribution < 1.29 is 13.5 Å². The Balaban J connectivity index is 2.01. The smallest absolute Gasteiger partial charge is 0.183 e. The van der Waals surface area contributed by atoms with Crippen molar-refractivity contribution >= 4 is 9.84 Å². The van der Waals surface area contributed by atoms with Crippen molar-refractivity contribution in [3.63, 3.8) is 0 Å². The maximum Gasteiger partial charge on any atom is 0.183 e. The zero-order chi connectivity index (χ0) is 16.0. The topological polar surface area (TPSA) is 80.4 Å². The first-order chi connectivity index (χ1) is 10.4. The van der Waals surface area contributed by atoms with Gasteiger partial charge in [-0.1, -0.05) is 48.0 Å². The first-order valence-corrected chi connectivity index (χ1v) is 8.71. The number of hydrogen-bond donors (Lipinski definition) is 2. The molecule has 0 spiro atoms. The first kappa shape index (κ1) is 15.2. The van der Waals surface area contributed by atoms with Crippen LogP contribution in [0.3, 0.4) is 0 Å². The van der Waals surface area contributed by atoms with Crippen LogP contribution in [0.25, 0.3) is 0 Å². The molecule has 0 radical (unpaired) electrons. The highest BCUT2D eigenvalue weighted by atomic mass is 32.2. The third-order valence-electron chi connectivity index (χ3n) is 4.42. The van der Waals surface area contributed by atoms with Crippen molar-refractivity contribution in [2.24, 2.45) is 5.73 Å². The first-order valence-electron chi connectivity index (χ1n) is 7.16. The number of hydrogen-bond acceptors (Lipinski definition) is 4. The fourth-order valence-corrected chi connectivity index (χ4v) is 5.40. The van der Waals surface area contributed by atoms with Gasteiger partial charge in [-0.15, -0.1) is 0 Å². The number of nitrogens with two attached hydrogens (primary N) is 1. The Kier molecular flexibility index (Phi) is 3.59. The number of aliphatic hydroxyl groups is 1. The van der Waals surface area contributed by atoms with E-state index in [9.17, 15) is 13.5 Å². The monoisotopic (exact) mass is 317 g/mol. The quantitative estimate of drug-likeness (QED) is 0.898. The predicted octanol–water partition coefficient (Wildman–Crippen LogP) is 1.62. The molecular formula is C17H19NO3S. The van der Waals surface area contributed by atoms with E-state index >= 15 is 0 Å². The zero-order valence-electron chi connectivity index (χ0n) is 12.3. The average Bonchev–Trinajstić information content (AvgIpc) is 3.16. The van der Waals surface area contributed by atoms with E-state index in [4.69, 9.17) is 5.73 Å². The van der Waals surface area contributed by atoms with Gasteiger partial charge < -0.3 is 10.8 Å². The van der Waals surface area contributed by atoms with E-state index in [1.807, 2.05) is 37.3 Å². The van der Waals surface area contributed by atoms with Crippen molar-refractivity contribution in [3.8, 4) is 0 Å². The minimum Gasteiger partial charge on any atom is -0.394 e. The Morgan fingerprint density at radius 2 is 1.68 bits per heavy atom. The van der Waals surface area contributed by atoms with Crippen LogP contribution in [0.5, 0.6) is 0 Å². The second-order valence-electron chi connectivity index (χ2n) is 5.94. The van der Waals surface area contributed by atoms with Gasteiger partial charge >= 0.3 is 0 Å². The van der Waals surface area contributed by atoms with Crippen molar-refractivity contribution in [2.45, 2.75) is 28.5 Å². The highest BCUT2D eigenvalue weighted by molar-refractivity contribution is 7.92. The Hall–Kier alpha value is -1.69. The molecule has 4 nitrogen and oxygen atoms in total. The molecule has 1 fully saturated rings. The molecule has 0 heterocycles. The van der Waals surface area contributed by atoms with Gasteiger partial charge in [0, 0.05) is 5.92 Å². The number of rotatable bonds is 4. The molecule has 0 bridgehead atoms. The summed E-state index contributed by atoms with van der Waals surface area (Å²) in [6.07, 6.45) is 0.